The first-order valence-corrected chi connectivity index (χ1v) is 5.21. The van der Waals surface area contributed by atoms with Crippen LogP contribution in [0.15, 0.2) is 36.5 Å². The smallest absolute Gasteiger partial charge is 0.372 e. The standard InChI is InChI=1S/C12H11N3O3/c1-15-7-9(13-10(15)12(17)18)14-11(16)8-5-3-2-4-6-8/h2-7H,1H3,(H,14,16)(H,17,18). The van der Waals surface area contributed by atoms with E-state index in [1.807, 2.05) is 0 Å². The maximum absolute atomic E-state index is 11.8. The van der Waals surface area contributed by atoms with Crippen LogP contribution in [0.25, 0.3) is 0 Å². The van der Waals surface area contributed by atoms with Crippen LogP contribution in [0.2, 0.25) is 0 Å². The minimum atomic E-state index is -1.14. The second-order valence-electron chi connectivity index (χ2n) is 3.69. The zero-order valence-corrected chi connectivity index (χ0v) is 9.62. The molecule has 0 saturated heterocycles. The molecule has 1 aromatic carbocycles. The Morgan fingerprint density at radius 2 is 1.94 bits per heavy atom. The lowest BCUT2D eigenvalue weighted by Gasteiger charge is -2.00. The number of amides is 1. The molecule has 0 saturated carbocycles. The predicted octanol–water partition coefficient (Wildman–Crippen LogP) is 1.37. The monoisotopic (exact) mass is 245 g/mol. The third-order valence-electron chi connectivity index (χ3n) is 2.35. The molecule has 2 N–H and O–H groups in total. The van der Waals surface area contributed by atoms with Crippen LogP contribution in [0.1, 0.15) is 21.0 Å². The van der Waals surface area contributed by atoms with Crippen LogP contribution < -0.4 is 5.32 Å². The summed E-state index contributed by atoms with van der Waals surface area (Å²) in [6, 6.07) is 8.62. The van der Waals surface area contributed by atoms with Crippen LogP contribution in [-0.2, 0) is 7.05 Å². The van der Waals surface area contributed by atoms with E-state index in [9.17, 15) is 9.59 Å². The molecule has 18 heavy (non-hydrogen) atoms. The number of benzene rings is 1. The summed E-state index contributed by atoms with van der Waals surface area (Å²) in [5.74, 6) is -1.38. The number of carboxylic acid groups (broad SMARTS) is 1. The summed E-state index contributed by atoms with van der Waals surface area (Å²) in [7, 11) is 1.55. The molecule has 2 aromatic rings. The van der Waals surface area contributed by atoms with Gasteiger partial charge >= 0.3 is 5.97 Å². The van der Waals surface area contributed by atoms with Gasteiger partial charge in [-0.05, 0) is 12.1 Å². The van der Waals surface area contributed by atoms with Gasteiger partial charge in [-0.1, -0.05) is 18.2 Å². The summed E-state index contributed by atoms with van der Waals surface area (Å²) in [6.45, 7) is 0. The molecule has 0 bridgehead atoms. The highest BCUT2D eigenvalue weighted by molar-refractivity contribution is 6.03. The molecule has 0 atom stereocenters. The predicted molar refractivity (Wildman–Crippen MR) is 64.6 cm³/mol. The maximum Gasteiger partial charge on any atom is 0.372 e. The van der Waals surface area contributed by atoms with E-state index in [-0.39, 0.29) is 17.5 Å². The van der Waals surface area contributed by atoms with Gasteiger partial charge in [0.15, 0.2) is 5.82 Å². The van der Waals surface area contributed by atoms with Crippen LogP contribution >= 0.6 is 0 Å². The molecule has 0 aliphatic heterocycles. The van der Waals surface area contributed by atoms with E-state index >= 15 is 0 Å². The summed E-state index contributed by atoms with van der Waals surface area (Å²) >= 11 is 0. The van der Waals surface area contributed by atoms with Crippen LogP contribution in [0.3, 0.4) is 0 Å². The Hall–Kier alpha value is -2.63. The number of carbonyl (C=O) groups is 2. The molecule has 0 fully saturated rings. The molecular formula is C12H11N3O3. The average molecular weight is 245 g/mol. The van der Waals surface area contributed by atoms with E-state index in [2.05, 4.69) is 10.3 Å². The molecule has 6 nitrogen and oxygen atoms in total. The van der Waals surface area contributed by atoms with Crippen molar-refractivity contribution in [1.82, 2.24) is 9.55 Å². The molecule has 0 spiro atoms. The van der Waals surface area contributed by atoms with E-state index in [0.29, 0.717) is 5.56 Å². The Bertz CT molecular complexity index is 590. The first-order valence-electron chi connectivity index (χ1n) is 5.21. The van der Waals surface area contributed by atoms with Crippen molar-refractivity contribution in [3.63, 3.8) is 0 Å². The van der Waals surface area contributed by atoms with Crippen molar-refractivity contribution in [2.45, 2.75) is 0 Å². The topological polar surface area (TPSA) is 84.2 Å². The third kappa shape index (κ3) is 2.37. The number of carbonyl (C=O) groups excluding carboxylic acids is 1. The van der Waals surface area contributed by atoms with Crippen LogP contribution in [0.4, 0.5) is 5.82 Å². The lowest BCUT2D eigenvalue weighted by atomic mass is 10.2. The highest BCUT2D eigenvalue weighted by atomic mass is 16.4. The minimum absolute atomic E-state index is 0.127. The molecule has 92 valence electrons. The number of anilines is 1. The Morgan fingerprint density at radius 1 is 1.28 bits per heavy atom. The number of nitrogens with zero attached hydrogens (tertiary/aromatic N) is 2. The quantitative estimate of drug-likeness (QED) is 0.855. The zero-order chi connectivity index (χ0) is 13.1. The number of aryl methyl sites for hydroxylation is 1. The normalized spacial score (nSPS) is 10.1. The number of hydrogen-bond acceptors (Lipinski definition) is 3. The van der Waals surface area contributed by atoms with Gasteiger partial charge in [0.25, 0.3) is 5.91 Å². The number of hydrogen-bond donors (Lipinski definition) is 2. The molecule has 2 rings (SSSR count). The van der Waals surface area contributed by atoms with Gasteiger partial charge in [0.1, 0.15) is 0 Å². The van der Waals surface area contributed by atoms with Gasteiger partial charge in [-0.25, -0.2) is 9.78 Å². The summed E-state index contributed by atoms with van der Waals surface area (Å²) < 4.78 is 1.34. The molecular weight excluding hydrogens is 234 g/mol. The molecule has 1 amide bonds. The number of imidazole rings is 1. The fourth-order valence-corrected chi connectivity index (χ4v) is 1.50. The number of nitrogens with one attached hydrogen (secondary N) is 1. The first-order chi connectivity index (χ1) is 8.58. The average Bonchev–Trinajstić information content (AvgIpc) is 2.71. The van der Waals surface area contributed by atoms with Crippen molar-refractivity contribution < 1.29 is 14.7 Å². The fraction of sp³-hybridized carbons (Fsp3) is 0.0833. The molecule has 0 unspecified atom stereocenters. The number of aromatic nitrogens is 2. The number of aromatic carboxylic acids is 1. The van der Waals surface area contributed by atoms with Gasteiger partial charge in [0, 0.05) is 18.8 Å². The Morgan fingerprint density at radius 3 is 2.50 bits per heavy atom. The van der Waals surface area contributed by atoms with Crippen molar-refractivity contribution in [3.05, 3.63) is 47.9 Å². The van der Waals surface area contributed by atoms with Crippen LogP contribution in [-0.4, -0.2) is 26.5 Å². The molecule has 6 heteroatoms. The van der Waals surface area contributed by atoms with Crippen LogP contribution in [0.5, 0.6) is 0 Å². The lowest BCUT2D eigenvalue weighted by Crippen LogP contribution is -2.12. The second-order valence-corrected chi connectivity index (χ2v) is 3.69. The van der Waals surface area contributed by atoms with E-state index in [4.69, 9.17) is 5.11 Å². The van der Waals surface area contributed by atoms with Gasteiger partial charge in [-0.2, -0.15) is 0 Å². The van der Waals surface area contributed by atoms with Crippen molar-refractivity contribution in [3.8, 4) is 0 Å². The minimum Gasteiger partial charge on any atom is -0.475 e. The molecule has 0 aliphatic carbocycles. The summed E-state index contributed by atoms with van der Waals surface area (Å²) in [6.07, 6.45) is 1.45. The largest absolute Gasteiger partial charge is 0.475 e. The van der Waals surface area contributed by atoms with Crippen molar-refractivity contribution in [1.29, 1.82) is 0 Å². The Labute approximate surface area is 103 Å². The highest BCUT2D eigenvalue weighted by Gasteiger charge is 2.14. The number of carboxylic acids is 1. The highest BCUT2D eigenvalue weighted by Crippen LogP contribution is 2.09. The van der Waals surface area contributed by atoms with E-state index in [1.54, 1.807) is 37.4 Å². The van der Waals surface area contributed by atoms with Gasteiger partial charge in [-0.3, -0.25) is 4.79 Å². The third-order valence-corrected chi connectivity index (χ3v) is 2.35. The Kier molecular flexibility index (Phi) is 3.09. The molecule has 1 aromatic heterocycles. The van der Waals surface area contributed by atoms with Crippen molar-refractivity contribution in [2.24, 2.45) is 7.05 Å². The zero-order valence-electron chi connectivity index (χ0n) is 9.62. The summed E-state index contributed by atoms with van der Waals surface area (Å²) in [5, 5.41) is 11.4. The number of rotatable bonds is 3. The first kappa shape index (κ1) is 11.8. The van der Waals surface area contributed by atoms with Gasteiger partial charge < -0.3 is 15.0 Å². The van der Waals surface area contributed by atoms with Gasteiger partial charge in [0.2, 0.25) is 5.82 Å². The van der Waals surface area contributed by atoms with Gasteiger partial charge in [-0.15, -0.1) is 0 Å². The fourth-order valence-electron chi connectivity index (χ4n) is 1.50. The van der Waals surface area contributed by atoms with Crippen LogP contribution in [0, 0.1) is 0 Å². The second kappa shape index (κ2) is 4.70. The Balaban J connectivity index is 2.18. The van der Waals surface area contributed by atoms with E-state index in [1.165, 1.54) is 10.8 Å². The maximum atomic E-state index is 11.8. The summed E-state index contributed by atoms with van der Waals surface area (Å²) in [4.78, 5) is 26.4. The lowest BCUT2D eigenvalue weighted by molar-refractivity contribution is 0.0679. The molecule has 0 radical (unpaired) electrons. The SMILES string of the molecule is Cn1cc(NC(=O)c2ccccc2)nc1C(=O)O. The molecule has 1 heterocycles. The van der Waals surface area contributed by atoms with E-state index in [0.717, 1.165) is 0 Å². The summed E-state index contributed by atoms with van der Waals surface area (Å²) in [5.41, 5.74) is 0.486. The van der Waals surface area contributed by atoms with Crippen molar-refractivity contribution >= 4 is 17.7 Å². The van der Waals surface area contributed by atoms with E-state index < -0.39 is 5.97 Å². The molecule has 0 aliphatic rings. The van der Waals surface area contributed by atoms with Crippen molar-refractivity contribution in [2.75, 3.05) is 5.32 Å². The van der Waals surface area contributed by atoms with Gasteiger partial charge in [0.05, 0.1) is 0 Å².